The predicted molar refractivity (Wildman–Crippen MR) is 123 cm³/mol. The van der Waals surface area contributed by atoms with Crippen LogP contribution in [0.25, 0.3) is 0 Å². The summed E-state index contributed by atoms with van der Waals surface area (Å²) in [7, 11) is -2.19. The molecule has 0 aliphatic heterocycles. The Bertz CT molecular complexity index is 726. The van der Waals surface area contributed by atoms with Crippen molar-refractivity contribution in [2.45, 2.75) is 13.3 Å². The van der Waals surface area contributed by atoms with Gasteiger partial charge in [0.05, 0.1) is 0 Å². The van der Waals surface area contributed by atoms with Crippen LogP contribution in [0.1, 0.15) is 13.3 Å². The summed E-state index contributed by atoms with van der Waals surface area (Å²) in [5.74, 6) is -0.212. The average Bonchev–Trinajstić information content (AvgIpc) is 2.70. The summed E-state index contributed by atoms with van der Waals surface area (Å²) in [6, 6.07) is 32.4. The molecular formula is C23H26BrO2P. The number of hydrogen-bond acceptors (Lipinski definition) is 2. The van der Waals surface area contributed by atoms with Gasteiger partial charge in [-0.1, -0.05) is 0 Å². The second-order valence-electron chi connectivity index (χ2n) is 6.45. The van der Waals surface area contributed by atoms with Gasteiger partial charge >= 0.3 is 156 Å². The van der Waals surface area contributed by atoms with Gasteiger partial charge < -0.3 is 0 Å². The van der Waals surface area contributed by atoms with Crippen molar-refractivity contribution in [3.8, 4) is 0 Å². The van der Waals surface area contributed by atoms with Gasteiger partial charge in [-0.2, -0.15) is 0 Å². The summed E-state index contributed by atoms with van der Waals surface area (Å²) in [6.45, 7) is 1.94. The molecule has 0 saturated heterocycles. The van der Waals surface area contributed by atoms with E-state index < -0.39 is 7.26 Å². The molecule has 0 spiro atoms. The monoisotopic (exact) mass is 444 g/mol. The van der Waals surface area contributed by atoms with E-state index in [1.165, 1.54) is 22.8 Å². The van der Waals surface area contributed by atoms with Crippen molar-refractivity contribution in [1.29, 1.82) is 0 Å². The Kier molecular flexibility index (Phi) is 8.22. The number of ether oxygens (including phenoxy) is 1. The van der Waals surface area contributed by atoms with E-state index in [0.717, 1.165) is 12.6 Å². The Morgan fingerprint density at radius 3 is 1.44 bits per heavy atom. The molecule has 0 aliphatic carbocycles. The number of halogens is 1. The predicted octanol–water partition coefficient (Wildman–Crippen LogP) is 4.24. The minimum absolute atomic E-state index is 0. The Morgan fingerprint density at radius 1 is 0.741 bits per heavy atom. The number of carbonyl (C=O) groups excluding carboxylic acids is 1. The fraction of sp³-hybridized carbons (Fsp3) is 0.174. The van der Waals surface area contributed by atoms with Crippen LogP contribution in [0.2, 0.25) is 0 Å². The second-order valence-corrected chi connectivity index (χ2v) is 10.5. The molecule has 0 unspecified atom stereocenters. The van der Waals surface area contributed by atoms with Crippen LogP contribution in [0, 0.1) is 0 Å². The van der Waals surface area contributed by atoms with Gasteiger partial charge in [0.1, 0.15) is 0 Å². The quantitative estimate of drug-likeness (QED) is 0.309. The fourth-order valence-corrected chi connectivity index (χ4v) is 8.48. The summed E-state index contributed by atoms with van der Waals surface area (Å²) in [5, 5.41) is 4.17. The normalized spacial score (nSPS) is 11.3. The molecule has 27 heavy (non-hydrogen) atoms. The first kappa shape index (κ1) is 21.3. The molecule has 2 nitrogen and oxygen atoms in total. The number of rotatable bonds is 7. The molecule has 0 atom stereocenters. The molecule has 3 aromatic carbocycles. The van der Waals surface area contributed by atoms with Crippen molar-refractivity contribution >= 4 is 46.1 Å². The van der Waals surface area contributed by atoms with Crippen LogP contribution in [-0.4, -0.2) is 18.7 Å². The van der Waals surface area contributed by atoms with Crippen molar-refractivity contribution < 1.29 is 9.53 Å². The van der Waals surface area contributed by atoms with Crippen LogP contribution in [0.5, 0.6) is 0 Å². The third kappa shape index (κ3) is 5.06. The standard InChI is InChI=1S/C23H25O2P.BrH/c1-20(24)25-18-11-19-26(21-12-5-2-6-13-21,22-14-7-3-8-15-22)23-16-9-4-10-17-23;/h2-10,12-17,26H,11,18-19H2,1H3;1H. The third-order valence-electron chi connectivity index (χ3n) is 4.80. The maximum atomic E-state index is 11.2. The average molecular weight is 445 g/mol. The maximum absolute atomic E-state index is 11.2. The van der Waals surface area contributed by atoms with Gasteiger partial charge in [0.2, 0.25) is 0 Å². The number of hydrogen-bond donors (Lipinski definition) is 0. The first-order valence-corrected chi connectivity index (χ1v) is 11.2. The Labute approximate surface area is 172 Å². The van der Waals surface area contributed by atoms with E-state index in [-0.39, 0.29) is 23.0 Å². The van der Waals surface area contributed by atoms with Gasteiger partial charge in [0.15, 0.2) is 0 Å². The molecule has 4 heteroatoms. The third-order valence-corrected chi connectivity index (χ3v) is 9.86. The van der Waals surface area contributed by atoms with E-state index in [4.69, 9.17) is 4.74 Å². The molecule has 0 heterocycles. The Morgan fingerprint density at radius 2 is 1.11 bits per heavy atom. The molecular weight excluding hydrogens is 419 g/mol. The van der Waals surface area contributed by atoms with Gasteiger partial charge in [0.25, 0.3) is 0 Å². The topological polar surface area (TPSA) is 26.3 Å². The van der Waals surface area contributed by atoms with E-state index in [2.05, 4.69) is 91.0 Å². The second kappa shape index (κ2) is 10.4. The first-order valence-electron chi connectivity index (χ1n) is 9.03. The number of esters is 1. The van der Waals surface area contributed by atoms with Crippen LogP contribution < -0.4 is 15.9 Å². The Hall–Kier alpha value is -1.96. The SMILES string of the molecule is Br.CC(=O)OCCC[PH](c1ccccc1)(c1ccccc1)c1ccccc1. The minimum atomic E-state index is -2.19. The molecule has 3 aromatic rings. The van der Waals surface area contributed by atoms with E-state index in [1.807, 2.05) is 0 Å². The van der Waals surface area contributed by atoms with Crippen molar-refractivity contribution in [2.75, 3.05) is 12.8 Å². The molecule has 0 aliphatic rings. The van der Waals surface area contributed by atoms with Gasteiger partial charge in [-0.25, -0.2) is 0 Å². The molecule has 0 saturated carbocycles. The van der Waals surface area contributed by atoms with Crippen LogP contribution >= 0.6 is 24.2 Å². The molecule has 0 bridgehead atoms. The van der Waals surface area contributed by atoms with Crippen LogP contribution in [0.15, 0.2) is 91.0 Å². The van der Waals surface area contributed by atoms with Crippen molar-refractivity contribution in [3.05, 3.63) is 91.0 Å². The molecule has 3 rings (SSSR count). The van der Waals surface area contributed by atoms with Crippen molar-refractivity contribution in [2.24, 2.45) is 0 Å². The first-order chi connectivity index (χ1) is 12.7. The van der Waals surface area contributed by atoms with Gasteiger partial charge in [0, 0.05) is 0 Å². The molecule has 0 N–H and O–H groups in total. The zero-order chi connectivity index (χ0) is 18.2. The summed E-state index contributed by atoms with van der Waals surface area (Å²) in [5.41, 5.74) is 0. The van der Waals surface area contributed by atoms with Crippen LogP contribution in [0.3, 0.4) is 0 Å². The van der Waals surface area contributed by atoms with E-state index in [9.17, 15) is 4.79 Å². The van der Waals surface area contributed by atoms with Gasteiger partial charge in [-0.15, -0.1) is 17.0 Å². The fourth-order valence-electron chi connectivity index (χ4n) is 3.65. The zero-order valence-electron chi connectivity index (χ0n) is 15.5. The summed E-state index contributed by atoms with van der Waals surface area (Å²) < 4.78 is 5.23. The van der Waals surface area contributed by atoms with E-state index in [1.54, 1.807) is 0 Å². The summed E-state index contributed by atoms with van der Waals surface area (Å²) >= 11 is 0. The van der Waals surface area contributed by atoms with Gasteiger partial charge in [-0.05, 0) is 0 Å². The van der Waals surface area contributed by atoms with Crippen molar-refractivity contribution in [3.63, 3.8) is 0 Å². The Balaban J connectivity index is 0.00000261. The molecule has 142 valence electrons. The van der Waals surface area contributed by atoms with Crippen LogP contribution in [-0.2, 0) is 9.53 Å². The van der Waals surface area contributed by atoms with Crippen LogP contribution in [0.4, 0.5) is 0 Å². The van der Waals surface area contributed by atoms with E-state index in [0.29, 0.717) is 6.61 Å². The molecule has 0 fully saturated rings. The summed E-state index contributed by atoms with van der Waals surface area (Å²) in [6.07, 6.45) is 1.85. The zero-order valence-corrected chi connectivity index (χ0v) is 18.2. The summed E-state index contributed by atoms with van der Waals surface area (Å²) in [4.78, 5) is 11.2. The number of carbonyl (C=O) groups is 1. The van der Waals surface area contributed by atoms with Gasteiger partial charge in [-0.3, -0.25) is 0 Å². The van der Waals surface area contributed by atoms with Crippen molar-refractivity contribution in [1.82, 2.24) is 0 Å². The molecule has 0 aromatic heterocycles. The number of benzene rings is 3. The molecule has 0 amide bonds. The van der Waals surface area contributed by atoms with E-state index >= 15 is 0 Å². The molecule has 0 radical (unpaired) electrons.